The predicted molar refractivity (Wildman–Crippen MR) is 134 cm³/mol. The second-order valence-electron chi connectivity index (χ2n) is 8.03. The number of rotatable bonds is 4. The average molecular weight is 491 g/mol. The molecule has 2 heterocycles. The zero-order valence-corrected chi connectivity index (χ0v) is 19.9. The molecule has 1 N–H and O–H groups in total. The van der Waals surface area contributed by atoms with Crippen LogP contribution in [-0.4, -0.2) is 16.2 Å². The Morgan fingerprint density at radius 2 is 1.50 bits per heavy atom. The molecule has 0 saturated carbocycles. The third-order valence-corrected chi connectivity index (χ3v) is 6.24. The van der Waals surface area contributed by atoms with E-state index in [1.54, 1.807) is 29.2 Å². The van der Waals surface area contributed by atoms with Crippen molar-refractivity contribution in [2.75, 3.05) is 4.90 Å². The number of amides is 2. The van der Waals surface area contributed by atoms with E-state index >= 15 is 0 Å². The summed E-state index contributed by atoms with van der Waals surface area (Å²) in [6.07, 6.45) is 0. The summed E-state index contributed by atoms with van der Waals surface area (Å²) in [5.41, 5.74) is 4.86. The Kier molecular flexibility index (Phi) is 5.86. The van der Waals surface area contributed by atoms with Crippen molar-refractivity contribution < 1.29 is 9.32 Å². The molecule has 0 spiro atoms. The van der Waals surface area contributed by atoms with Crippen LogP contribution in [0.4, 0.5) is 10.5 Å². The van der Waals surface area contributed by atoms with Crippen LogP contribution in [0.15, 0.2) is 83.0 Å². The highest BCUT2D eigenvalue weighted by Crippen LogP contribution is 2.39. The van der Waals surface area contributed by atoms with E-state index in [1.165, 1.54) is 0 Å². The summed E-state index contributed by atoms with van der Waals surface area (Å²) in [6.45, 7) is 3.88. The maximum absolute atomic E-state index is 13.3. The van der Waals surface area contributed by atoms with E-state index in [0.29, 0.717) is 33.0 Å². The van der Waals surface area contributed by atoms with E-state index in [9.17, 15) is 4.79 Å². The molecule has 0 fully saturated rings. The summed E-state index contributed by atoms with van der Waals surface area (Å²) >= 11 is 12.1. The molecule has 1 aliphatic rings. The first-order chi connectivity index (χ1) is 16.4. The van der Waals surface area contributed by atoms with Crippen LogP contribution >= 0.6 is 23.2 Å². The van der Waals surface area contributed by atoms with Gasteiger partial charge in [0.05, 0.1) is 17.3 Å². The van der Waals surface area contributed by atoms with Crippen molar-refractivity contribution in [2.24, 2.45) is 0 Å². The zero-order chi connectivity index (χ0) is 23.8. The maximum atomic E-state index is 13.3. The highest BCUT2D eigenvalue weighted by Gasteiger charge is 2.36. The van der Waals surface area contributed by atoms with Gasteiger partial charge in [-0.25, -0.2) is 4.79 Å². The van der Waals surface area contributed by atoms with Gasteiger partial charge in [-0.3, -0.25) is 4.90 Å². The van der Waals surface area contributed by atoms with Gasteiger partial charge in [0, 0.05) is 21.3 Å². The van der Waals surface area contributed by atoms with Crippen LogP contribution in [0.25, 0.3) is 17.0 Å². The monoisotopic (exact) mass is 490 g/mol. The number of aryl methyl sites for hydroxylation is 1. The molecule has 1 aliphatic heterocycles. The summed E-state index contributed by atoms with van der Waals surface area (Å²) < 4.78 is 5.72. The lowest BCUT2D eigenvalue weighted by atomic mass is 9.94. The quantitative estimate of drug-likeness (QED) is 0.332. The van der Waals surface area contributed by atoms with E-state index in [4.69, 9.17) is 27.7 Å². The number of hydrogen-bond donors (Lipinski definition) is 1. The minimum atomic E-state index is -0.495. The van der Waals surface area contributed by atoms with Crippen LogP contribution in [0.5, 0.6) is 0 Å². The average Bonchev–Trinajstić information content (AvgIpc) is 3.30. The van der Waals surface area contributed by atoms with Crippen molar-refractivity contribution in [1.29, 1.82) is 0 Å². The third kappa shape index (κ3) is 4.18. The molecule has 0 bridgehead atoms. The van der Waals surface area contributed by atoms with Gasteiger partial charge in [-0.15, -0.1) is 0 Å². The zero-order valence-electron chi connectivity index (χ0n) is 18.4. The molecule has 170 valence electrons. The Bertz CT molecular complexity index is 1380. The summed E-state index contributed by atoms with van der Waals surface area (Å²) in [5.74, 6) is 0.750. The predicted octanol–water partition coefficient (Wildman–Crippen LogP) is 7.05. The number of hydrogen-bond acceptors (Lipinski definition) is 4. The van der Waals surface area contributed by atoms with E-state index in [1.807, 2.05) is 62.4 Å². The Hall–Kier alpha value is -3.61. The molecule has 6 nitrogen and oxygen atoms in total. The second-order valence-corrected chi connectivity index (χ2v) is 8.91. The fourth-order valence-corrected chi connectivity index (χ4v) is 4.23. The van der Waals surface area contributed by atoms with Gasteiger partial charge in [0.1, 0.15) is 0 Å². The number of carbonyl (C=O) groups excluding carboxylic acids is 1. The minimum absolute atomic E-state index is 0.248. The maximum Gasteiger partial charge on any atom is 0.326 e. The second kappa shape index (κ2) is 8.97. The number of carbonyl (C=O) groups is 1. The molecule has 5 rings (SSSR count). The largest absolute Gasteiger partial charge is 0.334 e. The van der Waals surface area contributed by atoms with Crippen molar-refractivity contribution in [3.63, 3.8) is 0 Å². The van der Waals surface area contributed by atoms with Gasteiger partial charge < -0.3 is 9.84 Å². The fourth-order valence-electron chi connectivity index (χ4n) is 3.98. The first-order valence-electron chi connectivity index (χ1n) is 10.6. The molecule has 1 atom stereocenters. The molecular formula is C26H20Cl2N4O2. The number of urea groups is 1. The van der Waals surface area contributed by atoms with Crippen molar-refractivity contribution in [2.45, 2.75) is 19.9 Å². The number of nitrogens with zero attached hydrogens (tertiary/aromatic N) is 3. The number of benzene rings is 3. The van der Waals surface area contributed by atoms with Crippen molar-refractivity contribution in [3.05, 3.63) is 106 Å². The van der Waals surface area contributed by atoms with Crippen LogP contribution in [0.3, 0.4) is 0 Å². The van der Waals surface area contributed by atoms with Crippen LogP contribution in [0, 0.1) is 6.92 Å². The molecule has 0 aliphatic carbocycles. The first kappa shape index (κ1) is 22.2. The molecule has 2 amide bonds. The van der Waals surface area contributed by atoms with Gasteiger partial charge in [0.25, 0.3) is 5.89 Å². The SMILES string of the molecule is CC1=C(c2nc(-c3ccc(Cl)cc3)no2)C(c2ccc(Cl)cc2)NC(=O)N1c1ccc(C)cc1. The van der Waals surface area contributed by atoms with Gasteiger partial charge in [0.2, 0.25) is 5.82 Å². The summed E-state index contributed by atoms with van der Waals surface area (Å²) in [4.78, 5) is 19.5. The number of nitrogens with one attached hydrogen (secondary N) is 1. The molecule has 1 aromatic heterocycles. The lowest BCUT2D eigenvalue weighted by molar-refractivity contribution is 0.244. The standard InChI is InChI=1S/C26H20Cl2N4O2/c1-15-3-13-21(14-4-15)32-16(2)22(23(29-26(32)33)17-5-9-19(27)10-6-17)25-30-24(31-34-25)18-7-11-20(28)12-8-18/h3-14,23H,1-2H3,(H,29,33). The molecule has 3 aromatic carbocycles. The van der Waals surface area contributed by atoms with E-state index < -0.39 is 6.04 Å². The van der Waals surface area contributed by atoms with E-state index in [0.717, 1.165) is 22.4 Å². The van der Waals surface area contributed by atoms with Crippen LogP contribution in [0.1, 0.15) is 30.0 Å². The van der Waals surface area contributed by atoms with Crippen molar-refractivity contribution in [3.8, 4) is 11.4 Å². The summed E-state index contributed by atoms with van der Waals surface area (Å²) in [7, 11) is 0. The summed E-state index contributed by atoms with van der Waals surface area (Å²) in [6, 6.07) is 21.5. The van der Waals surface area contributed by atoms with Crippen LogP contribution in [0.2, 0.25) is 10.0 Å². The highest BCUT2D eigenvalue weighted by molar-refractivity contribution is 6.30. The van der Waals surface area contributed by atoms with Crippen molar-refractivity contribution >= 4 is 40.5 Å². The highest BCUT2D eigenvalue weighted by atomic mass is 35.5. The normalized spacial score (nSPS) is 16.1. The van der Waals surface area contributed by atoms with Crippen LogP contribution < -0.4 is 10.2 Å². The van der Waals surface area contributed by atoms with Gasteiger partial charge in [-0.05, 0) is 67.9 Å². The van der Waals surface area contributed by atoms with Gasteiger partial charge in [-0.2, -0.15) is 4.98 Å². The molecule has 1 unspecified atom stereocenters. The van der Waals surface area contributed by atoms with E-state index in [-0.39, 0.29) is 6.03 Å². The molecular weight excluding hydrogens is 471 g/mol. The summed E-state index contributed by atoms with van der Waals surface area (Å²) in [5, 5.41) is 8.50. The topological polar surface area (TPSA) is 71.3 Å². The molecule has 4 aromatic rings. The third-order valence-electron chi connectivity index (χ3n) is 5.74. The van der Waals surface area contributed by atoms with E-state index in [2.05, 4.69) is 15.5 Å². The Balaban J connectivity index is 1.64. The number of anilines is 1. The molecule has 8 heteroatoms. The smallest absolute Gasteiger partial charge is 0.326 e. The molecule has 34 heavy (non-hydrogen) atoms. The van der Waals surface area contributed by atoms with Crippen molar-refractivity contribution in [1.82, 2.24) is 15.5 Å². The Morgan fingerprint density at radius 3 is 2.15 bits per heavy atom. The lowest BCUT2D eigenvalue weighted by Crippen LogP contribution is -2.46. The van der Waals surface area contributed by atoms with Gasteiger partial charge >= 0.3 is 6.03 Å². The number of allylic oxidation sites excluding steroid dienone is 1. The lowest BCUT2D eigenvalue weighted by Gasteiger charge is -2.35. The number of halogens is 2. The Morgan fingerprint density at radius 1 is 0.882 bits per heavy atom. The Labute approximate surface area is 206 Å². The van der Waals surface area contributed by atoms with Gasteiger partial charge in [0.15, 0.2) is 0 Å². The number of aromatic nitrogens is 2. The molecule has 0 saturated heterocycles. The first-order valence-corrected chi connectivity index (χ1v) is 11.4. The minimum Gasteiger partial charge on any atom is -0.334 e. The van der Waals surface area contributed by atoms with Crippen LogP contribution in [-0.2, 0) is 0 Å². The fraction of sp³-hybridized carbons (Fsp3) is 0.115. The van der Waals surface area contributed by atoms with Gasteiger partial charge in [-0.1, -0.05) is 58.2 Å². The molecule has 0 radical (unpaired) electrons.